The van der Waals surface area contributed by atoms with Gasteiger partial charge in [-0.2, -0.15) is 0 Å². The van der Waals surface area contributed by atoms with E-state index in [-0.39, 0.29) is 30.3 Å². The second kappa shape index (κ2) is 14.8. The first-order chi connectivity index (χ1) is 22.9. The van der Waals surface area contributed by atoms with Crippen LogP contribution in [-0.2, 0) is 33.4 Å². The molecule has 1 aliphatic carbocycles. The number of nitrogens with zero attached hydrogens (tertiary/aromatic N) is 2. The van der Waals surface area contributed by atoms with E-state index in [1.165, 1.54) is 5.01 Å². The molecule has 5 rings (SSSR count). The minimum atomic E-state index is -1.15. The Hall–Kier alpha value is -4.32. The number of hydrogen-bond donors (Lipinski definition) is 3. The van der Waals surface area contributed by atoms with Crippen LogP contribution in [0.4, 0.5) is 0 Å². The standard InChI is InChI=1S/C36H47N5O7/c1-6-30(42)47-26-14-17-36(18-15-26)16-13-24-9-10-25-11-12-27(39-29(25)20-24)22(4)37-32(43)28-8-7-19-41(40-28)34(45)23(5)38-33(44)31(21(2)3)48-35(36)46/h9-13,16,20-23,26,28,31,40H,6-8,14-15,17-19H2,1-5H3,(H,37,43)(H,38,44)/b16-13+/t22-,23+,26-,28+,31+,36+/m1/s1. The van der Waals surface area contributed by atoms with Crippen LogP contribution < -0.4 is 16.1 Å². The summed E-state index contributed by atoms with van der Waals surface area (Å²) < 4.78 is 11.6. The average Bonchev–Trinajstić information content (AvgIpc) is 3.08. The first-order valence-corrected chi connectivity index (χ1v) is 17.1. The number of cyclic esters (lactones) is 1. The Bertz CT molecular complexity index is 1580. The van der Waals surface area contributed by atoms with E-state index in [1.54, 1.807) is 27.7 Å². The molecular weight excluding hydrogens is 614 g/mol. The number of ether oxygens (including phenoxy) is 2. The number of hydrogen-bond acceptors (Lipinski definition) is 9. The van der Waals surface area contributed by atoms with Gasteiger partial charge >= 0.3 is 11.9 Å². The SMILES string of the molecule is CCC(=O)O[C@H]1CC[C@]2(/C=C/c3ccc4ccc(nc4c3)[C@@H](C)NC(=O)[C@@H]3CCCN(N3)C(=O)[C@H](C)NC(=O)[C@H](C(C)C)OC2=O)CC1. The fraction of sp³-hybridized carbons (Fsp3) is 0.556. The molecule has 3 heterocycles. The molecule has 1 aromatic carbocycles. The zero-order valence-electron chi connectivity index (χ0n) is 28.4. The molecule has 1 aromatic heterocycles. The number of fused-ring (bicyclic) bond motifs is 4. The van der Waals surface area contributed by atoms with E-state index in [4.69, 9.17) is 14.5 Å². The third-order valence-corrected chi connectivity index (χ3v) is 9.55. The Morgan fingerprint density at radius 1 is 1.02 bits per heavy atom. The van der Waals surface area contributed by atoms with E-state index >= 15 is 0 Å². The fourth-order valence-electron chi connectivity index (χ4n) is 6.52. The number of carbonyl (C=O) groups is 5. The minimum absolute atomic E-state index is 0.252. The molecule has 12 nitrogen and oxygen atoms in total. The molecule has 3 aliphatic rings. The van der Waals surface area contributed by atoms with Gasteiger partial charge in [0.1, 0.15) is 18.2 Å². The van der Waals surface area contributed by atoms with Crippen molar-refractivity contribution in [3.05, 3.63) is 47.7 Å². The third-order valence-electron chi connectivity index (χ3n) is 9.55. The van der Waals surface area contributed by atoms with Gasteiger partial charge in [0.15, 0.2) is 6.10 Å². The highest BCUT2D eigenvalue weighted by atomic mass is 16.6. The Labute approximate surface area is 281 Å². The summed E-state index contributed by atoms with van der Waals surface area (Å²) in [5.74, 6) is -2.45. The summed E-state index contributed by atoms with van der Waals surface area (Å²) in [5, 5.41) is 8.06. The molecule has 4 atom stereocenters. The summed E-state index contributed by atoms with van der Waals surface area (Å²) in [6, 6.07) is 7.68. The van der Waals surface area contributed by atoms with Gasteiger partial charge in [-0.05, 0) is 76.0 Å². The largest absolute Gasteiger partial charge is 0.462 e. The van der Waals surface area contributed by atoms with E-state index in [1.807, 2.05) is 49.4 Å². The summed E-state index contributed by atoms with van der Waals surface area (Å²) in [4.78, 5) is 71.2. The first-order valence-electron chi connectivity index (χ1n) is 17.1. The molecular formula is C36H47N5O7. The highest BCUT2D eigenvalue weighted by Crippen LogP contribution is 2.41. The van der Waals surface area contributed by atoms with E-state index in [0.29, 0.717) is 50.8 Å². The van der Waals surface area contributed by atoms with Gasteiger partial charge in [-0.3, -0.25) is 34.0 Å². The van der Waals surface area contributed by atoms with Crippen molar-refractivity contribution < 1.29 is 33.4 Å². The molecule has 2 aromatic rings. The Morgan fingerprint density at radius 2 is 1.73 bits per heavy atom. The number of nitrogens with one attached hydrogen (secondary N) is 3. The lowest BCUT2D eigenvalue weighted by Gasteiger charge is -2.37. The third kappa shape index (κ3) is 7.86. The first kappa shape index (κ1) is 35.0. The maximum atomic E-state index is 14.1. The maximum absolute atomic E-state index is 14.1. The van der Waals surface area contributed by atoms with Crippen molar-refractivity contribution in [2.24, 2.45) is 11.3 Å². The monoisotopic (exact) mass is 661 g/mol. The quantitative estimate of drug-likeness (QED) is 0.416. The van der Waals surface area contributed by atoms with Crippen LogP contribution in [0.3, 0.4) is 0 Å². The Kier molecular flexibility index (Phi) is 10.8. The molecule has 2 aliphatic heterocycles. The molecule has 1 saturated heterocycles. The van der Waals surface area contributed by atoms with Crippen molar-refractivity contribution in [3.63, 3.8) is 0 Å². The Morgan fingerprint density at radius 3 is 2.44 bits per heavy atom. The van der Waals surface area contributed by atoms with Crippen LogP contribution in [0.5, 0.6) is 0 Å². The highest BCUT2D eigenvalue weighted by Gasteiger charge is 2.44. The van der Waals surface area contributed by atoms with Crippen molar-refractivity contribution >= 4 is 46.6 Å². The van der Waals surface area contributed by atoms with Gasteiger partial charge in [0.2, 0.25) is 5.91 Å². The zero-order valence-corrected chi connectivity index (χ0v) is 28.4. The van der Waals surface area contributed by atoms with E-state index in [0.717, 1.165) is 16.5 Å². The van der Waals surface area contributed by atoms with Crippen LogP contribution in [-0.4, -0.2) is 70.5 Å². The zero-order chi connectivity index (χ0) is 34.6. The number of carbonyl (C=O) groups excluding carboxylic acids is 5. The molecule has 3 amide bonds. The molecule has 2 fully saturated rings. The lowest BCUT2D eigenvalue weighted by atomic mass is 9.72. The van der Waals surface area contributed by atoms with Crippen molar-refractivity contribution in [3.8, 4) is 0 Å². The summed E-state index contributed by atoms with van der Waals surface area (Å²) >= 11 is 0. The van der Waals surface area contributed by atoms with Gasteiger partial charge in [0, 0.05) is 18.4 Å². The van der Waals surface area contributed by atoms with Crippen molar-refractivity contribution in [1.29, 1.82) is 0 Å². The predicted molar refractivity (Wildman–Crippen MR) is 179 cm³/mol. The van der Waals surface area contributed by atoms with Gasteiger partial charge in [-0.1, -0.05) is 51.1 Å². The lowest BCUT2D eigenvalue weighted by molar-refractivity contribution is -0.170. The summed E-state index contributed by atoms with van der Waals surface area (Å²) in [6.45, 7) is 9.11. The highest BCUT2D eigenvalue weighted by molar-refractivity contribution is 5.92. The number of benzene rings is 1. The topological polar surface area (TPSA) is 156 Å². The van der Waals surface area contributed by atoms with Crippen LogP contribution in [0, 0.1) is 11.3 Å². The van der Waals surface area contributed by atoms with E-state index < -0.39 is 47.4 Å². The van der Waals surface area contributed by atoms with Crippen LogP contribution in [0.15, 0.2) is 36.4 Å². The lowest BCUT2D eigenvalue weighted by Crippen LogP contribution is -2.61. The second-order valence-electron chi connectivity index (χ2n) is 13.6. The number of rotatable bonds is 3. The van der Waals surface area contributed by atoms with Gasteiger partial charge in [0.05, 0.1) is 22.7 Å². The molecule has 3 N–H and O–H groups in total. The minimum Gasteiger partial charge on any atom is -0.462 e. The van der Waals surface area contributed by atoms with Crippen LogP contribution >= 0.6 is 0 Å². The van der Waals surface area contributed by atoms with Gasteiger partial charge in [-0.15, -0.1) is 0 Å². The van der Waals surface area contributed by atoms with Crippen LogP contribution in [0.25, 0.3) is 17.0 Å². The molecule has 0 unspecified atom stereocenters. The average molecular weight is 662 g/mol. The molecule has 258 valence electrons. The maximum Gasteiger partial charge on any atom is 0.316 e. The molecule has 0 radical (unpaired) electrons. The van der Waals surface area contributed by atoms with Gasteiger partial charge in [0.25, 0.3) is 11.8 Å². The summed E-state index contributed by atoms with van der Waals surface area (Å²) in [7, 11) is 0. The van der Waals surface area contributed by atoms with Gasteiger partial charge in [-0.25, -0.2) is 5.43 Å². The van der Waals surface area contributed by atoms with Crippen LogP contribution in [0.2, 0.25) is 0 Å². The molecule has 48 heavy (non-hydrogen) atoms. The number of hydrazine groups is 1. The molecule has 5 bridgehead atoms. The number of pyridine rings is 1. The summed E-state index contributed by atoms with van der Waals surface area (Å²) in [5.41, 5.74) is 4.19. The number of esters is 2. The van der Waals surface area contributed by atoms with Gasteiger partial charge < -0.3 is 20.1 Å². The van der Waals surface area contributed by atoms with Crippen LogP contribution in [0.1, 0.15) is 96.9 Å². The normalized spacial score (nSPS) is 29.7. The van der Waals surface area contributed by atoms with Crippen molar-refractivity contribution in [2.75, 3.05) is 6.54 Å². The second-order valence-corrected chi connectivity index (χ2v) is 13.6. The van der Waals surface area contributed by atoms with E-state index in [2.05, 4.69) is 16.1 Å². The fourth-order valence-corrected chi connectivity index (χ4v) is 6.52. The molecule has 1 spiro atoms. The molecule has 12 heteroatoms. The van der Waals surface area contributed by atoms with Crippen molar-refractivity contribution in [1.82, 2.24) is 26.1 Å². The smallest absolute Gasteiger partial charge is 0.316 e. The van der Waals surface area contributed by atoms with Crippen molar-refractivity contribution in [2.45, 2.75) is 110 Å². The summed E-state index contributed by atoms with van der Waals surface area (Å²) in [6.07, 6.45) is 5.31. The number of aromatic nitrogens is 1. The predicted octanol–water partition coefficient (Wildman–Crippen LogP) is 3.89. The Balaban J connectivity index is 1.51. The number of amides is 3. The van der Waals surface area contributed by atoms with E-state index in [9.17, 15) is 24.0 Å². The molecule has 1 saturated carbocycles.